The van der Waals surface area contributed by atoms with Gasteiger partial charge < -0.3 is 15.8 Å². The number of hydrogen-bond donors (Lipinski definition) is 2. The highest BCUT2D eigenvalue weighted by molar-refractivity contribution is 5.85. The number of carbonyl (C=O) groups is 1. The summed E-state index contributed by atoms with van der Waals surface area (Å²) in [6, 6.07) is 1.46. The van der Waals surface area contributed by atoms with Crippen LogP contribution in [0.1, 0.15) is 52.4 Å². The highest BCUT2D eigenvalue weighted by atomic mass is 16.5. The van der Waals surface area contributed by atoms with Gasteiger partial charge in [-0.15, -0.1) is 0 Å². The fraction of sp³-hybridized carbons (Fsp3) is 0.938. The van der Waals surface area contributed by atoms with E-state index in [4.69, 9.17) is 10.5 Å². The third-order valence-electron chi connectivity index (χ3n) is 5.47. The highest BCUT2D eigenvalue weighted by Crippen LogP contribution is 2.38. The Kier molecular flexibility index (Phi) is 4.26. The van der Waals surface area contributed by atoms with Gasteiger partial charge >= 0.3 is 0 Å². The maximum absolute atomic E-state index is 12.0. The summed E-state index contributed by atoms with van der Waals surface area (Å²) in [7, 11) is 0. The molecule has 0 aromatic carbocycles. The number of rotatable bonds is 5. The Morgan fingerprint density at radius 1 is 1.43 bits per heavy atom. The van der Waals surface area contributed by atoms with Crippen LogP contribution in [0, 0.1) is 0 Å². The van der Waals surface area contributed by atoms with E-state index < -0.39 is 5.54 Å². The van der Waals surface area contributed by atoms with Gasteiger partial charge in [0.1, 0.15) is 0 Å². The molecule has 1 amide bonds. The lowest BCUT2D eigenvalue weighted by Crippen LogP contribution is -2.57. The maximum Gasteiger partial charge on any atom is 0.237 e. The van der Waals surface area contributed by atoms with Crippen LogP contribution in [-0.2, 0) is 9.53 Å². The highest BCUT2D eigenvalue weighted by Gasteiger charge is 2.49. The van der Waals surface area contributed by atoms with Gasteiger partial charge in [-0.2, -0.15) is 0 Å². The van der Waals surface area contributed by atoms with Crippen LogP contribution in [0.5, 0.6) is 0 Å². The van der Waals surface area contributed by atoms with Gasteiger partial charge in [-0.05, 0) is 45.4 Å². The molecule has 3 N–H and O–H groups in total. The number of nitrogens with two attached hydrogens (primary N) is 1. The van der Waals surface area contributed by atoms with Crippen molar-refractivity contribution >= 4 is 5.91 Å². The van der Waals surface area contributed by atoms with Gasteiger partial charge in [-0.25, -0.2) is 0 Å². The van der Waals surface area contributed by atoms with Crippen molar-refractivity contribution in [3.05, 3.63) is 0 Å². The van der Waals surface area contributed by atoms with E-state index >= 15 is 0 Å². The molecule has 1 aliphatic heterocycles. The quantitative estimate of drug-likeness (QED) is 0.794. The Morgan fingerprint density at radius 3 is 2.81 bits per heavy atom. The van der Waals surface area contributed by atoms with Crippen LogP contribution in [0.25, 0.3) is 0 Å². The molecule has 0 bridgehead atoms. The summed E-state index contributed by atoms with van der Waals surface area (Å²) >= 11 is 0. The van der Waals surface area contributed by atoms with E-state index in [0.717, 1.165) is 38.8 Å². The number of nitrogens with zero attached hydrogens (tertiary/aromatic N) is 1. The smallest absolute Gasteiger partial charge is 0.237 e. The van der Waals surface area contributed by atoms with Gasteiger partial charge in [0.15, 0.2) is 0 Å². The minimum absolute atomic E-state index is 0.161. The molecular formula is C16H29N3O2. The lowest BCUT2D eigenvalue weighted by molar-refractivity contribution is -0.124. The van der Waals surface area contributed by atoms with Crippen LogP contribution in [0.15, 0.2) is 0 Å². The van der Waals surface area contributed by atoms with Gasteiger partial charge in [0.2, 0.25) is 5.91 Å². The molecule has 3 fully saturated rings. The molecular weight excluding hydrogens is 266 g/mol. The summed E-state index contributed by atoms with van der Waals surface area (Å²) in [5.74, 6) is -0.161. The average Bonchev–Trinajstić information content (AvgIpc) is 3.15. The predicted octanol–water partition coefficient (Wildman–Crippen LogP) is 1.01. The fourth-order valence-electron chi connectivity index (χ4n) is 4.02. The zero-order valence-electron chi connectivity index (χ0n) is 13.3. The Hall–Kier alpha value is -0.650. The number of carbonyl (C=O) groups excluding carboxylic acids is 1. The molecule has 21 heavy (non-hydrogen) atoms. The second-order valence-electron chi connectivity index (χ2n) is 7.16. The molecule has 5 heteroatoms. The predicted molar refractivity (Wildman–Crippen MR) is 81.9 cm³/mol. The molecule has 120 valence electrons. The number of morpholine rings is 1. The molecule has 0 spiro atoms. The minimum atomic E-state index is -0.467. The Bertz CT molecular complexity index is 399. The van der Waals surface area contributed by atoms with Crippen molar-refractivity contribution in [3.8, 4) is 0 Å². The van der Waals surface area contributed by atoms with Crippen LogP contribution in [0.3, 0.4) is 0 Å². The normalized spacial score (nSPS) is 41.3. The van der Waals surface area contributed by atoms with Crippen LogP contribution in [0.4, 0.5) is 0 Å². The molecule has 4 atom stereocenters. The number of ether oxygens (including phenoxy) is 1. The molecule has 0 radical (unpaired) electrons. The zero-order valence-corrected chi connectivity index (χ0v) is 13.3. The van der Waals surface area contributed by atoms with Crippen molar-refractivity contribution in [2.24, 2.45) is 5.73 Å². The average molecular weight is 295 g/mol. The standard InChI is InChI=1S/C16H29N3O2/c1-3-13-10-21-11(2)9-19(13)14-6-7-16(8-14,15(17)20)18-12-4-5-12/h11-14,18H,3-10H2,1-2H3,(H2,17,20). The van der Waals surface area contributed by atoms with Crippen molar-refractivity contribution in [2.45, 2.75) is 82.1 Å². The van der Waals surface area contributed by atoms with E-state index in [1.807, 2.05) is 0 Å². The van der Waals surface area contributed by atoms with Crippen molar-refractivity contribution in [1.82, 2.24) is 10.2 Å². The monoisotopic (exact) mass is 295 g/mol. The van der Waals surface area contributed by atoms with Crippen LogP contribution in [-0.4, -0.2) is 53.7 Å². The maximum atomic E-state index is 12.0. The van der Waals surface area contributed by atoms with E-state index in [0.29, 0.717) is 18.1 Å². The van der Waals surface area contributed by atoms with Gasteiger partial charge in [-0.3, -0.25) is 9.69 Å². The molecule has 0 aromatic heterocycles. The second-order valence-corrected chi connectivity index (χ2v) is 7.16. The molecule has 2 aliphatic carbocycles. The van der Waals surface area contributed by atoms with Crippen molar-refractivity contribution < 1.29 is 9.53 Å². The molecule has 5 nitrogen and oxygen atoms in total. The first-order valence-electron chi connectivity index (χ1n) is 8.49. The zero-order chi connectivity index (χ0) is 15.0. The first-order chi connectivity index (χ1) is 10.0. The van der Waals surface area contributed by atoms with Gasteiger partial charge in [0.25, 0.3) is 0 Å². The lowest BCUT2D eigenvalue weighted by Gasteiger charge is -2.42. The fourth-order valence-corrected chi connectivity index (χ4v) is 4.02. The molecule has 4 unspecified atom stereocenters. The topological polar surface area (TPSA) is 67.6 Å². The summed E-state index contributed by atoms with van der Waals surface area (Å²) in [4.78, 5) is 14.6. The first kappa shape index (κ1) is 15.3. The Morgan fingerprint density at radius 2 is 2.19 bits per heavy atom. The van der Waals surface area contributed by atoms with Crippen LogP contribution in [0.2, 0.25) is 0 Å². The van der Waals surface area contributed by atoms with Crippen molar-refractivity contribution in [1.29, 1.82) is 0 Å². The summed E-state index contributed by atoms with van der Waals surface area (Å²) in [5, 5.41) is 3.55. The summed E-state index contributed by atoms with van der Waals surface area (Å²) < 4.78 is 5.80. The molecule has 3 aliphatic rings. The second kappa shape index (κ2) is 5.86. The lowest BCUT2D eigenvalue weighted by atomic mass is 9.95. The number of primary amides is 1. The molecule has 0 aromatic rings. The largest absolute Gasteiger partial charge is 0.376 e. The van der Waals surface area contributed by atoms with E-state index in [9.17, 15) is 4.79 Å². The first-order valence-corrected chi connectivity index (χ1v) is 8.49. The molecule has 1 heterocycles. The minimum Gasteiger partial charge on any atom is -0.376 e. The summed E-state index contributed by atoms with van der Waals surface area (Å²) in [6.45, 7) is 6.14. The van der Waals surface area contributed by atoms with E-state index in [1.165, 1.54) is 12.8 Å². The Labute approximate surface area is 127 Å². The number of amides is 1. The number of nitrogens with one attached hydrogen (secondary N) is 1. The molecule has 2 saturated carbocycles. The molecule has 1 saturated heterocycles. The van der Waals surface area contributed by atoms with Crippen LogP contribution < -0.4 is 11.1 Å². The third-order valence-corrected chi connectivity index (χ3v) is 5.47. The SMILES string of the molecule is CCC1COC(C)CN1C1CCC(NC2CC2)(C(N)=O)C1. The number of hydrogen-bond acceptors (Lipinski definition) is 4. The van der Waals surface area contributed by atoms with Gasteiger partial charge in [0, 0.05) is 24.7 Å². The van der Waals surface area contributed by atoms with E-state index in [-0.39, 0.29) is 12.0 Å². The third kappa shape index (κ3) is 3.10. The van der Waals surface area contributed by atoms with Gasteiger partial charge in [0.05, 0.1) is 18.2 Å². The van der Waals surface area contributed by atoms with Crippen LogP contribution >= 0.6 is 0 Å². The Balaban J connectivity index is 1.70. The van der Waals surface area contributed by atoms with Crippen molar-refractivity contribution in [2.75, 3.05) is 13.2 Å². The van der Waals surface area contributed by atoms with E-state index in [1.54, 1.807) is 0 Å². The van der Waals surface area contributed by atoms with Gasteiger partial charge in [-0.1, -0.05) is 6.92 Å². The summed E-state index contributed by atoms with van der Waals surface area (Å²) in [6.07, 6.45) is 6.56. The summed E-state index contributed by atoms with van der Waals surface area (Å²) in [5.41, 5.74) is 5.28. The van der Waals surface area contributed by atoms with E-state index in [2.05, 4.69) is 24.1 Å². The van der Waals surface area contributed by atoms with Crippen molar-refractivity contribution in [3.63, 3.8) is 0 Å². The molecule has 3 rings (SSSR count).